The maximum atomic E-state index is 12.2. The van der Waals surface area contributed by atoms with Crippen molar-refractivity contribution >= 4 is 17.9 Å². The second kappa shape index (κ2) is 10.9. The Morgan fingerprint density at radius 2 is 1.34 bits per heavy atom. The molecule has 0 amide bonds. The van der Waals surface area contributed by atoms with Crippen molar-refractivity contribution in [1.82, 2.24) is 30.0 Å². The topological polar surface area (TPSA) is 140 Å². The molecular weight excluding hydrogens is 384 g/mol. The van der Waals surface area contributed by atoms with E-state index in [1.165, 1.54) is 16.5 Å². The third-order valence-corrected chi connectivity index (χ3v) is 3.81. The second-order valence-electron chi connectivity index (χ2n) is 6.05. The van der Waals surface area contributed by atoms with Crippen LogP contribution in [0.1, 0.15) is 25.2 Å². The van der Waals surface area contributed by atoms with Crippen molar-refractivity contribution in [3.63, 3.8) is 0 Å². The maximum absolute atomic E-state index is 12.2. The summed E-state index contributed by atoms with van der Waals surface area (Å²) < 4.78 is 17.3. The first-order valence-corrected chi connectivity index (χ1v) is 9.12. The van der Waals surface area contributed by atoms with Crippen LogP contribution < -0.4 is 0 Å². The molecule has 0 spiro atoms. The van der Waals surface area contributed by atoms with Crippen molar-refractivity contribution in [3.8, 4) is 0 Å². The van der Waals surface area contributed by atoms with Crippen molar-refractivity contribution in [2.24, 2.45) is 5.92 Å². The standard InChI is InChI=1S/C17H24N6O6/c1-4-28-15(24)10-22-8-13(18-20-22)6-12(17(26)27-3)7-14-9-23(21-19-14)11-16(25)29-5-2/h8-9,12H,4-7,10-11H2,1-3H3. The molecule has 0 atom stereocenters. The number of carbonyl (C=O) groups is 3. The van der Waals surface area contributed by atoms with Crippen LogP contribution in [0, 0.1) is 5.92 Å². The first-order chi connectivity index (χ1) is 13.9. The molecule has 0 bridgehead atoms. The summed E-state index contributed by atoms with van der Waals surface area (Å²) in [6.07, 6.45) is 3.62. The van der Waals surface area contributed by atoms with E-state index < -0.39 is 23.8 Å². The quantitative estimate of drug-likeness (QED) is 0.355. The fourth-order valence-corrected chi connectivity index (χ4v) is 2.61. The fourth-order valence-electron chi connectivity index (χ4n) is 2.61. The van der Waals surface area contributed by atoms with Crippen LogP contribution in [0.4, 0.5) is 0 Å². The van der Waals surface area contributed by atoms with E-state index in [1.807, 2.05) is 0 Å². The summed E-state index contributed by atoms with van der Waals surface area (Å²) in [7, 11) is 1.30. The van der Waals surface area contributed by atoms with Gasteiger partial charge in [0.15, 0.2) is 0 Å². The lowest BCUT2D eigenvalue weighted by Gasteiger charge is -2.11. The lowest BCUT2D eigenvalue weighted by atomic mass is 9.98. The van der Waals surface area contributed by atoms with Gasteiger partial charge in [-0.05, 0) is 13.8 Å². The summed E-state index contributed by atoms with van der Waals surface area (Å²) in [4.78, 5) is 35.2. The Bertz CT molecular complexity index is 772. The molecule has 2 aromatic rings. The first kappa shape index (κ1) is 22.0. The second-order valence-corrected chi connectivity index (χ2v) is 6.05. The molecule has 0 fully saturated rings. The van der Waals surface area contributed by atoms with E-state index in [4.69, 9.17) is 14.2 Å². The molecule has 2 heterocycles. The average molecular weight is 408 g/mol. The van der Waals surface area contributed by atoms with Crippen LogP contribution in [-0.2, 0) is 54.5 Å². The Morgan fingerprint density at radius 1 is 0.897 bits per heavy atom. The van der Waals surface area contributed by atoms with Crippen molar-refractivity contribution < 1.29 is 28.6 Å². The number of hydrogen-bond acceptors (Lipinski definition) is 10. The Balaban J connectivity index is 2.01. The number of esters is 3. The molecule has 2 rings (SSSR count). The Labute approximate surface area is 167 Å². The largest absolute Gasteiger partial charge is 0.469 e. The number of aromatic nitrogens is 6. The van der Waals surface area contributed by atoms with E-state index in [0.717, 1.165) is 0 Å². The highest BCUT2D eigenvalue weighted by molar-refractivity contribution is 5.73. The highest BCUT2D eigenvalue weighted by atomic mass is 16.5. The molecule has 0 aliphatic heterocycles. The van der Waals surface area contributed by atoms with Crippen molar-refractivity contribution in [3.05, 3.63) is 23.8 Å². The van der Waals surface area contributed by atoms with Crippen LogP contribution in [0.25, 0.3) is 0 Å². The van der Waals surface area contributed by atoms with Crippen LogP contribution >= 0.6 is 0 Å². The van der Waals surface area contributed by atoms with Crippen LogP contribution in [0.15, 0.2) is 12.4 Å². The van der Waals surface area contributed by atoms with E-state index in [2.05, 4.69) is 20.6 Å². The number of hydrogen-bond donors (Lipinski definition) is 0. The number of methoxy groups -OCH3 is 1. The molecule has 158 valence electrons. The van der Waals surface area contributed by atoms with Gasteiger partial charge in [-0.25, -0.2) is 9.36 Å². The van der Waals surface area contributed by atoms with Crippen molar-refractivity contribution in [2.45, 2.75) is 39.8 Å². The molecule has 0 aliphatic rings. The predicted molar refractivity (Wildman–Crippen MR) is 96.2 cm³/mol. The minimum atomic E-state index is -0.583. The zero-order valence-corrected chi connectivity index (χ0v) is 16.6. The third kappa shape index (κ3) is 6.97. The Morgan fingerprint density at radius 3 is 1.72 bits per heavy atom. The molecule has 12 heteroatoms. The van der Waals surface area contributed by atoms with Gasteiger partial charge in [-0.1, -0.05) is 10.4 Å². The zero-order chi connectivity index (χ0) is 21.2. The van der Waals surface area contributed by atoms with Crippen LogP contribution in [0.5, 0.6) is 0 Å². The normalized spacial score (nSPS) is 10.8. The average Bonchev–Trinajstić information content (AvgIpc) is 3.30. The molecule has 2 aromatic heterocycles. The summed E-state index contributed by atoms with van der Waals surface area (Å²) in [6.45, 7) is 3.87. The molecular formula is C17H24N6O6. The smallest absolute Gasteiger partial charge is 0.327 e. The van der Waals surface area contributed by atoms with Gasteiger partial charge in [0.05, 0.1) is 37.6 Å². The first-order valence-electron chi connectivity index (χ1n) is 9.12. The fraction of sp³-hybridized carbons (Fsp3) is 0.588. The molecule has 0 saturated heterocycles. The van der Waals surface area contributed by atoms with E-state index in [9.17, 15) is 14.4 Å². The number of rotatable bonds is 11. The number of carbonyl (C=O) groups excluding carboxylic acids is 3. The van der Waals surface area contributed by atoms with Crippen molar-refractivity contribution in [2.75, 3.05) is 20.3 Å². The van der Waals surface area contributed by atoms with E-state index in [-0.39, 0.29) is 39.1 Å². The highest BCUT2D eigenvalue weighted by Crippen LogP contribution is 2.14. The highest BCUT2D eigenvalue weighted by Gasteiger charge is 2.24. The minimum absolute atomic E-state index is 0.0636. The zero-order valence-electron chi connectivity index (χ0n) is 16.6. The third-order valence-electron chi connectivity index (χ3n) is 3.81. The van der Waals surface area contributed by atoms with Gasteiger partial charge in [0.2, 0.25) is 0 Å². The van der Waals surface area contributed by atoms with Gasteiger partial charge in [-0.3, -0.25) is 14.4 Å². The number of ether oxygens (including phenoxy) is 3. The van der Waals surface area contributed by atoms with Crippen molar-refractivity contribution in [1.29, 1.82) is 0 Å². The molecule has 0 aliphatic carbocycles. The van der Waals surface area contributed by atoms with Gasteiger partial charge in [0.1, 0.15) is 13.1 Å². The van der Waals surface area contributed by atoms with Gasteiger partial charge in [-0.15, -0.1) is 10.2 Å². The summed E-state index contributed by atoms with van der Waals surface area (Å²) >= 11 is 0. The SMILES string of the molecule is CCOC(=O)Cn1cc(CC(Cc2cn(CC(=O)OCC)nn2)C(=O)OC)nn1. The van der Waals surface area contributed by atoms with E-state index in [0.29, 0.717) is 11.4 Å². The molecule has 0 radical (unpaired) electrons. The van der Waals surface area contributed by atoms with E-state index in [1.54, 1.807) is 26.2 Å². The predicted octanol–water partition coefficient (Wildman–Crippen LogP) is -0.430. The molecule has 12 nitrogen and oxygen atoms in total. The monoisotopic (exact) mass is 408 g/mol. The van der Waals surface area contributed by atoms with Gasteiger partial charge < -0.3 is 14.2 Å². The summed E-state index contributed by atoms with van der Waals surface area (Å²) in [5, 5.41) is 15.7. The Hall–Kier alpha value is -3.31. The summed E-state index contributed by atoms with van der Waals surface area (Å²) in [6, 6.07) is 0. The molecule has 0 saturated carbocycles. The molecule has 0 N–H and O–H groups in total. The van der Waals surface area contributed by atoms with Gasteiger partial charge in [0.25, 0.3) is 0 Å². The van der Waals surface area contributed by atoms with Gasteiger partial charge in [-0.2, -0.15) is 0 Å². The molecule has 0 unspecified atom stereocenters. The van der Waals surface area contributed by atoms with Crippen LogP contribution in [-0.4, -0.2) is 68.2 Å². The lowest BCUT2D eigenvalue weighted by Crippen LogP contribution is -2.21. The van der Waals surface area contributed by atoms with Gasteiger partial charge >= 0.3 is 17.9 Å². The van der Waals surface area contributed by atoms with Crippen LogP contribution in [0.3, 0.4) is 0 Å². The minimum Gasteiger partial charge on any atom is -0.469 e. The summed E-state index contributed by atoms with van der Waals surface area (Å²) in [5.74, 6) is -1.87. The molecule has 29 heavy (non-hydrogen) atoms. The Kier molecular flexibility index (Phi) is 8.25. The maximum Gasteiger partial charge on any atom is 0.327 e. The summed E-state index contributed by atoms with van der Waals surface area (Å²) in [5.41, 5.74) is 1.03. The van der Waals surface area contributed by atoms with Gasteiger partial charge in [0, 0.05) is 25.2 Å². The molecule has 0 aromatic carbocycles. The van der Waals surface area contributed by atoms with Crippen LogP contribution in [0.2, 0.25) is 0 Å². The lowest BCUT2D eigenvalue weighted by molar-refractivity contribution is -0.146. The number of nitrogens with zero attached hydrogens (tertiary/aromatic N) is 6. The van der Waals surface area contributed by atoms with E-state index >= 15 is 0 Å².